The SMILES string of the molecule is Cc1ccccc1C1c2ccccc2C=CN1C. The Hall–Kier alpha value is -2.02. The molecule has 1 aliphatic rings. The van der Waals surface area contributed by atoms with Gasteiger partial charge in [0.05, 0.1) is 6.04 Å². The first-order valence-electron chi connectivity index (χ1n) is 6.32. The van der Waals surface area contributed by atoms with Crippen LogP contribution >= 0.6 is 0 Å². The van der Waals surface area contributed by atoms with E-state index in [1.165, 1.54) is 22.3 Å². The number of hydrogen-bond acceptors (Lipinski definition) is 1. The lowest BCUT2D eigenvalue weighted by molar-refractivity contribution is 0.380. The fraction of sp³-hybridized carbons (Fsp3) is 0.176. The normalized spacial score (nSPS) is 17.7. The first-order valence-corrected chi connectivity index (χ1v) is 6.32. The molecular formula is C17H17N. The van der Waals surface area contributed by atoms with Crippen LogP contribution in [0.25, 0.3) is 6.08 Å². The minimum atomic E-state index is 0.326. The van der Waals surface area contributed by atoms with Gasteiger partial charge < -0.3 is 4.90 Å². The molecule has 1 atom stereocenters. The minimum absolute atomic E-state index is 0.326. The highest BCUT2D eigenvalue weighted by Gasteiger charge is 2.23. The van der Waals surface area contributed by atoms with Gasteiger partial charge in [-0.2, -0.15) is 0 Å². The van der Waals surface area contributed by atoms with Crippen LogP contribution in [0.2, 0.25) is 0 Å². The largest absolute Gasteiger partial charge is 0.369 e. The Morgan fingerprint density at radius 3 is 2.33 bits per heavy atom. The molecule has 1 heteroatoms. The highest BCUT2D eigenvalue weighted by atomic mass is 15.1. The van der Waals surface area contributed by atoms with Gasteiger partial charge in [-0.3, -0.25) is 0 Å². The molecule has 18 heavy (non-hydrogen) atoms. The maximum Gasteiger partial charge on any atom is 0.0795 e. The molecule has 0 aromatic heterocycles. The molecule has 1 aliphatic heterocycles. The fourth-order valence-corrected chi connectivity index (χ4v) is 2.70. The molecule has 0 bridgehead atoms. The fourth-order valence-electron chi connectivity index (χ4n) is 2.70. The van der Waals surface area contributed by atoms with Crippen LogP contribution in [-0.4, -0.2) is 11.9 Å². The predicted octanol–water partition coefficient (Wildman–Crippen LogP) is 4.00. The lowest BCUT2D eigenvalue weighted by Gasteiger charge is -2.33. The highest BCUT2D eigenvalue weighted by molar-refractivity contribution is 5.59. The molecule has 0 spiro atoms. The molecule has 0 radical (unpaired) electrons. The van der Waals surface area contributed by atoms with Crippen LogP contribution in [0, 0.1) is 6.92 Å². The summed E-state index contributed by atoms with van der Waals surface area (Å²) in [7, 11) is 2.14. The summed E-state index contributed by atoms with van der Waals surface area (Å²) >= 11 is 0. The van der Waals surface area contributed by atoms with E-state index in [0.717, 1.165) is 0 Å². The van der Waals surface area contributed by atoms with Gasteiger partial charge in [-0.05, 0) is 35.3 Å². The summed E-state index contributed by atoms with van der Waals surface area (Å²) in [5.41, 5.74) is 5.44. The topological polar surface area (TPSA) is 3.24 Å². The third kappa shape index (κ3) is 1.72. The zero-order valence-electron chi connectivity index (χ0n) is 10.8. The van der Waals surface area contributed by atoms with Gasteiger partial charge in [0.1, 0.15) is 0 Å². The van der Waals surface area contributed by atoms with Crippen LogP contribution in [-0.2, 0) is 0 Å². The molecule has 0 aliphatic carbocycles. The molecule has 1 unspecified atom stereocenters. The van der Waals surface area contributed by atoms with Crippen molar-refractivity contribution in [3.8, 4) is 0 Å². The van der Waals surface area contributed by atoms with Crippen LogP contribution in [0.15, 0.2) is 54.7 Å². The van der Waals surface area contributed by atoms with E-state index in [2.05, 4.69) is 79.7 Å². The van der Waals surface area contributed by atoms with E-state index >= 15 is 0 Å². The van der Waals surface area contributed by atoms with Crippen LogP contribution in [0.1, 0.15) is 28.3 Å². The second-order valence-electron chi connectivity index (χ2n) is 4.87. The number of fused-ring (bicyclic) bond motifs is 1. The Morgan fingerprint density at radius 1 is 0.889 bits per heavy atom. The summed E-state index contributed by atoms with van der Waals surface area (Å²) in [5.74, 6) is 0. The van der Waals surface area contributed by atoms with Crippen molar-refractivity contribution in [1.82, 2.24) is 4.90 Å². The van der Waals surface area contributed by atoms with Crippen molar-refractivity contribution >= 4 is 6.08 Å². The van der Waals surface area contributed by atoms with E-state index < -0.39 is 0 Å². The quantitative estimate of drug-likeness (QED) is 0.722. The maximum absolute atomic E-state index is 2.28. The number of benzene rings is 2. The van der Waals surface area contributed by atoms with E-state index in [1.807, 2.05) is 0 Å². The molecule has 1 heterocycles. The van der Waals surface area contributed by atoms with E-state index in [9.17, 15) is 0 Å². The van der Waals surface area contributed by atoms with Crippen molar-refractivity contribution in [3.63, 3.8) is 0 Å². The molecule has 0 fully saturated rings. The zero-order chi connectivity index (χ0) is 12.5. The van der Waals surface area contributed by atoms with Gasteiger partial charge in [0, 0.05) is 13.2 Å². The number of hydrogen-bond donors (Lipinski definition) is 0. The first kappa shape index (κ1) is 11.1. The van der Waals surface area contributed by atoms with Gasteiger partial charge in [0.15, 0.2) is 0 Å². The molecule has 3 rings (SSSR count). The molecule has 0 N–H and O–H groups in total. The molecule has 0 saturated heterocycles. The summed E-state index contributed by atoms with van der Waals surface area (Å²) in [6.45, 7) is 2.18. The standard InChI is InChI=1S/C17H17N/c1-13-7-3-5-9-15(13)17-16-10-6-4-8-14(16)11-12-18(17)2/h3-12,17H,1-2H3. The van der Waals surface area contributed by atoms with Gasteiger partial charge in [-0.15, -0.1) is 0 Å². The van der Waals surface area contributed by atoms with Gasteiger partial charge in [-0.25, -0.2) is 0 Å². The summed E-state index contributed by atoms with van der Waals surface area (Å²) in [6, 6.07) is 17.6. The summed E-state index contributed by atoms with van der Waals surface area (Å²) in [5, 5.41) is 0. The zero-order valence-corrected chi connectivity index (χ0v) is 10.8. The Labute approximate surface area is 108 Å². The lowest BCUT2D eigenvalue weighted by atomic mass is 9.89. The number of nitrogens with zero attached hydrogens (tertiary/aromatic N) is 1. The molecular weight excluding hydrogens is 218 g/mol. The van der Waals surface area contributed by atoms with E-state index in [4.69, 9.17) is 0 Å². The van der Waals surface area contributed by atoms with Gasteiger partial charge in [-0.1, -0.05) is 48.5 Å². The number of rotatable bonds is 1. The summed E-state index contributed by atoms with van der Waals surface area (Å²) in [6.07, 6.45) is 4.35. The van der Waals surface area contributed by atoms with Crippen LogP contribution in [0.5, 0.6) is 0 Å². The molecule has 2 aromatic rings. The van der Waals surface area contributed by atoms with Crippen LogP contribution in [0.3, 0.4) is 0 Å². The molecule has 2 aromatic carbocycles. The Morgan fingerprint density at radius 2 is 1.56 bits per heavy atom. The average Bonchev–Trinajstić information content (AvgIpc) is 2.40. The van der Waals surface area contributed by atoms with Gasteiger partial charge >= 0.3 is 0 Å². The second-order valence-corrected chi connectivity index (χ2v) is 4.87. The van der Waals surface area contributed by atoms with E-state index in [1.54, 1.807) is 0 Å². The third-order valence-corrected chi connectivity index (χ3v) is 3.67. The van der Waals surface area contributed by atoms with Gasteiger partial charge in [0.2, 0.25) is 0 Å². The molecule has 0 amide bonds. The minimum Gasteiger partial charge on any atom is -0.369 e. The molecule has 90 valence electrons. The van der Waals surface area contributed by atoms with Crippen LogP contribution in [0.4, 0.5) is 0 Å². The molecule has 1 nitrogen and oxygen atoms in total. The summed E-state index contributed by atoms with van der Waals surface area (Å²) < 4.78 is 0. The predicted molar refractivity (Wildman–Crippen MR) is 76.3 cm³/mol. The van der Waals surface area contributed by atoms with E-state index in [0.29, 0.717) is 6.04 Å². The Balaban J connectivity index is 2.17. The van der Waals surface area contributed by atoms with Crippen molar-refractivity contribution < 1.29 is 0 Å². The average molecular weight is 235 g/mol. The van der Waals surface area contributed by atoms with E-state index in [-0.39, 0.29) is 0 Å². The molecule has 0 saturated carbocycles. The smallest absolute Gasteiger partial charge is 0.0795 e. The monoisotopic (exact) mass is 235 g/mol. The van der Waals surface area contributed by atoms with Crippen molar-refractivity contribution in [2.45, 2.75) is 13.0 Å². The number of aryl methyl sites for hydroxylation is 1. The third-order valence-electron chi connectivity index (χ3n) is 3.67. The summed E-state index contributed by atoms with van der Waals surface area (Å²) in [4.78, 5) is 2.28. The second kappa shape index (κ2) is 4.34. The van der Waals surface area contributed by atoms with Crippen molar-refractivity contribution in [1.29, 1.82) is 0 Å². The highest BCUT2D eigenvalue weighted by Crippen LogP contribution is 2.35. The van der Waals surface area contributed by atoms with Crippen molar-refractivity contribution in [3.05, 3.63) is 77.0 Å². The lowest BCUT2D eigenvalue weighted by Crippen LogP contribution is -2.24. The van der Waals surface area contributed by atoms with Crippen LogP contribution < -0.4 is 0 Å². The first-order chi connectivity index (χ1) is 8.77. The maximum atomic E-state index is 2.28. The van der Waals surface area contributed by atoms with Crippen molar-refractivity contribution in [2.24, 2.45) is 0 Å². The Bertz CT molecular complexity index is 598. The van der Waals surface area contributed by atoms with Gasteiger partial charge in [0.25, 0.3) is 0 Å². The van der Waals surface area contributed by atoms with Crippen molar-refractivity contribution in [2.75, 3.05) is 7.05 Å². The Kier molecular flexibility index (Phi) is 2.67.